The second kappa shape index (κ2) is 39.5. The van der Waals surface area contributed by atoms with Crippen molar-refractivity contribution in [2.24, 2.45) is 35.1 Å². The summed E-state index contributed by atoms with van der Waals surface area (Å²) in [5.74, 6) is -13.3. The number of phenols is 1. The van der Waals surface area contributed by atoms with E-state index in [2.05, 4.69) is 58.2 Å². The summed E-state index contributed by atoms with van der Waals surface area (Å²) >= 11 is 0. The third kappa shape index (κ3) is 25.9. The van der Waals surface area contributed by atoms with Crippen LogP contribution in [0.4, 0.5) is 0 Å². The van der Waals surface area contributed by atoms with Gasteiger partial charge in [-0.15, -0.1) is 0 Å². The molecule has 4 aromatic rings. The van der Waals surface area contributed by atoms with Crippen molar-refractivity contribution >= 4 is 81.9 Å². The fourth-order valence-corrected chi connectivity index (χ4v) is 10.4. The summed E-state index contributed by atoms with van der Waals surface area (Å²) in [5, 5.41) is 66.7. The zero-order valence-electron chi connectivity index (χ0n) is 56.6. The van der Waals surface area contributed by atoms with Gasteiger partial charge in [-0.3, -0.25) is 52.7 Å². The Kier molecular flexibility index (Phi) is 32.6. The zero-order valence-corrected chi connectivity index (χ0v) is 56.6. The Bertz CT molecular complexity index is 3310. The number of H-pyrrole nitrogens is 1. The highest BCUT2D eigenvalue weighted by Crippen LogP contribution is 2.21. The number of carbonyl (C=O) groups is 12. The number of carboxylic acid groups (broad SMARTS) is 2. The summed E-state index contributed by atoms with van der Waals surface area (Å²) in [7, 11) is 0. The molecular weight excluding hydrogens is 1250 g/mol. The summed E-state index contributed by atoms with van der Waals surface area (Å²) in [4.78, 5) is 169. The fourth-order valence-electron chi connectivity index (χ4n) is 10.4. The average molecular weight is 1350 g/mol. The number of unbranched alkanes of at least 4 members (excludes halogenated alkanes) is 1. The van der Waals surface area contributed by atoms with Gasteiger partial charge in [-0.25, -0.2) is 4.79 Å². The summed E-state index contributed by atoms with van der Waals surface area (Å²) < 4.78 is 0. The summed E-state index contributed by atoms with van der Waals surface area (Å²) in [6.45, 7) is 14.3. The van der Waals surface area contributed by atoms with E-state index in [1.54, 1.807) is 116 Å². The number of amides is 10. The Morgan fingerprint density at radius 2 is 0.959 bits per heavy atom. The standard InChI is InChI=1S/C68H99N13O16/c1-10-39(8)57(81-58(86)40(9)72-61(89)49(31-41-18-12-11-13-19-41)76-64(92)53(35-82)79-65(93)55(70)37(4)5)67(95)74-47(22-16-17-29-69)59(87)77-51(33-43-34-71-46-21-15-14-20-45(43)46)62(90)73-48(27-28-54(84)85)60(88)75-50(32-42-23-25-44(83)26-24-42)63(91)80-56(38(6)7)66(94)78-52(68(96)97)30-36(2)3/h11-15,18-21,23-26,34,36-40,47-53,55-57,71,82-83H,10,16-17,22,27-33,35,69-70H2,1-9H3,(H,72,89)(H,73,90)(H,74,95)(H,75,88)(H,76,92)(H,77,87)(H,78,94)(H,79,93)(H,80,91)(H,81,86)(H,84,85)(H,96,97)/t39-,40-,47-,48-,49-,50-,51-,52-,53-,55-,56-,57-/m0/s1. The van der Waals surface area contributed by atoms with Crippen LogP contribution in [0.2, 0.25) is 0 Å². The Morgan fingerprint density at radius 3 is 1.51 bits per heavy atom. The molecule has 0 aliphatic rings. The van der Waals surface area contributed by atoms with Crippen molar-refractivity contribution in [3.63, 3.8) is 0 Å². The SMILES string of the molecule is CC[C@H](C)[C@H](NC(=O)[C@H](C)NC(=O)[C@H](Cc1ccccc1)NC(=O)[C@H](CO)NC(=O)[C@@H](N)C(C)C)C(=O)N[C@@H](CCCCN)C(=O)N[C@@H](Cc1c[nH]c2ccccc12)C(=O)N[C@@H](CCC(=O)O)C(=O)N[C@@H](Cc1ccc(O)cc1)C(=O)N[C@H](C(=O)N[C@@H](CC(C)C)C(=O)O)C(C)C. The van der Waals surface area contributed by atoms with E-state index in [1.807, 2.05) is 0 Å². The molecule has 0 bridgehead atoms. The lowest BCUT2D eigenvalue weighted by molar-refractivity contribution is -0.143. The molecule has 1 heterocycles. The van der Waals surface area contributed by atoms with Crippen molar-refractivity contribution in [1.82, 2.24) is 58.2 Å². The minimum atomic E-state index is -1.72. The molecule has 0 aliphatic heterocycles. The van der Waals surface area contributed by atoms with Gasteiger partial charge < -0.3 is 90.0 Å². The van der Waals surface area contributed by atoms with Gasteiger partial charge in [-0.2, -0.15) is 0 Å². The van der Waals surface area contributed by atoms with E-state index in [4.69, 9.17) is 11.5 Å². The topological polar surface area (TPSA) is 474 Å². The Balaban J connectivity index is 1.66. The minimum absolute atomic E-state index is 0.0464. The van der Waals surface area contributed by atoms with Crippen LogP contribution in [0.1, 0.15) is 124 Å². The zero-order chi connectivity index (χ0) is 72.2. The number of aliphatic carboxylic acids is 2. The van der Waals surface area contributed by atoms with Gasteiger partial charge in [0.15, 0.2) is 0 Å². The van der Waals surface area contributed by atoms with E-state index in [0.717, 1.165) is 0 Å². The first kappa shape index (κ1) is 80.0. The lowest BCUT2D eigenvalue weighted by atomic mass is 9.96. The van der Waals surface area contributed by atoms with Gasteiger partial charge in [0.1, 0.15) is 66.2 Å². The molecule has 0 radical (unpaired) electrons. The molecule has 29 heteroatoms. The number of aliphatic hydroxyl groups is 1. The number of hydrogen-bond donors (Lipinski definition) is 17. The molecule has 19 N–H and O–H groups in total. The van der Waals surface area contributed by atoms with E-state index in [0.29, 0.717) is 40.4 Å². The first-order chi connectivity index (χ1) is 45.9. The molecule has 3 aromatic carbocycles. The number of nitrogens with one attached hydrogen (secondary N) is 11. The van der Waals surface area contributed by atoms with Gasteiger partial charge in [0.25, 0.3) is 0 Å². The first-order valence-corrected chi connectivity index (χ1v) is 32.8. The van der Waals surface area contributed by atoms with E-state index in [1.165, 1.54) is 31.2 Å². The van der Waals surface area contributed by atoms with Gasteiger partial charge >= 0.3 is 11.9 Å². The van der Waals surface area contributed by atoms with Crippen LogP contribution >= 0.6 is 0 Å². The van der Waals surface area contributed by atoms with Crippen LogP contribution in [0.3, 0.4) is 0 Å². The normalized spacial score (nSPS) is 15.1. The molecule has 0 spiro atoms. The number of phenolic OH excluding ortho intramolecular Hbond substituents is 1. The lowest BCUT2D eigenvalue weighted by Crippen LogP contribution is -2.61. The second-order valence-corrected chi connectivity index (χ2v) is 25.5. The second-order valence-electron chi connectivity index (χ2n) is 25.5. The quantitative estimate of drug-likeness (QED) is 0.0270. The molecule has 0 saturated carbocycles. The molecule has 0 fully saturated rings. The highest BCUT2D eigenvalue weighted by Gasteiger charge is 2.38. The number of nitrogens with two attached hydrogens (primary N) is 2. The minimum Gasteiger partial charge on any atom is -0.508 e. The number of aliphatic hydroxyl groups excluding tert-OH is 1. The van der Waals surface area contributed by atoms with Crippen LogP contribution in [0.25, 0.3) is 10.9 Å². The van der Waals surface area contributed by atoms with E-state index >= 15 is 0 Å². The van der Waals surface area contributed by atoms with E-state index < -0.39 is 169 Å². The number of para-hydroxylation sites is 1. The summed E-state index contributed by atoms with van der Waals surface area (Å²) in [6.07, 6.45) is 0.760. The van der Waals surface area contributed by atoms with Crippen LogP contribution in [-0.2, 0) is 76.8 Å². The first-order valence-electron chi connectivity index (χ1n) is 32.8. The number of fused-ring (bicyclic) bond motifs is 1. The fraction of sp³-hybridized carbons (Fsp3) is 0.529. The highest BCUT2D eigenvalue weighted by molar-refractivity contribution is 5.99. The number of benzene rings is 3. The van der Waals surface area contributed by atoms with E-state index in [-0.39, 0.29) is 62.7 Å². The van der Waals surface area contributed by atoms with Crippen molar-refractivity contribution in [3.8, 4) is 5.75 Å². The van der Waals surface area contributed by atoms with E-state index in [9.17, 15) is 78.0 Å². The van der Waals surface area contributed by atoms with Crippen molar-refractivity contribution in [2.75, 3.05) is 13.2 Å². The lowest BCUT2D eigenvalue weighted by Gasteiger charge is -2.29. The maximum absolute atomic E-state index is 15.0. The van der Waals surface area contributed by atoms with Crippen LogP contribution in [-0.4, -0.2) is 176 Å². The third-order valence-corrected chi connectivity index (χ3v) is 16.5. The molecule has 10 amide bonds. The van der Waals surface area contributed by atoms with Gasteiger partial charge in [-0.1, -0.05) is 122 Å². The van der Waals surface area contributed by atoms with Crippen molar-refractivity contribution in [3.05, 3.63) is 102 Å². The largest absolute Gasteiger partial charge is 0.508 e. The Morgan fingerprint density at radius 1 is 0.485 bits per heavy atom. The molecule has 0 saturated heterocycles. The summed E-state index contributed by atoms with van der Waals surface area (Å²) in [6, 6.07) is 5.77. The van der Waals surface area contributed by atoms with Gasteiger partial charge in [0.2, 0.25) is 59.1 Å². The van der Waals surface area contributed by atoms with Crippen molar-refractivity contribution in [1.29, 1.82) is 0 Å². The predicted molar refractivity (Wildman–Crippen MR) is 360 cm³/mol. The van der Waals surface area contributed by atoms with Gasteiger partial charge in [0.05, 0.1) is 12.6 Å². The Labute approximate surface area is 564 Å². The highest BCUT2D eigenvalue weighted by atomic mass is 16.4. The smallest absolute Gasteiger partial charge is 0.326 e. The molecule has 0 aliphatic carbocycles. The molecule has 29 nitrogen and oxygen atoms in total. The van der Waals surface area contributed by atoms with Crippen LogP contribution in [0.15, 0.2) is 85.1 Å². The van der Waals surface area contributed by atoms with Crippen LogP contribution in [0, 0.1) is 23.7 Å². The number of rotatable bonds is 41. The molecule has 532 valence electrons. The number of aromatic amines is 1. The number of aromatic nitrogens is 1. The van der Waals surface area contributed by atoms with Crippen LogP contribution < -0.4 is 64.6 Å². The van der Waals surface area contributed by atoms with Gasteiger partial charge in [-0.05, 0) is 104 Å². The molecule has 4 rings (SSSR count). The number of hydrogen-bond acceptors (Lipinski definition) is 16. The molecule has 97 heavy (non-hydrogen) atoms. The maximum atomic E-state index is 15.0. The molecule has 0 unspecified atom stereocenters. The maximum Gasteiger partial charge on any atom is 0.326 e. The van der Waals surface area contributed by atoms with Crippen LogP contribution in [0.5, 0.6) is 5.75 Å². The Hall–Kier alpha value is -9.48. The molecule has 12 atom stereocenters. The predicted octanol–water partition coefficient (Wildman–Crippen LogP) is 0.571. The number of carbonyl (C=O) groups excluding carboxylic acids is 10. The average Bonchev–Trinajstić information content (AvgIpc) is 1.77. The van der Waals surface area contributed by atoms with Gasteiger partial charge in [0, 0.05) is 42.8 Å². The van der Waals surface area contributed by atoms with Crippen molar-refractivity contribution in [2.45, 2.75) is 193 Å². The number of aromatic hydroxyl groups is 1. The summed E-state index contributed by atoms with van der Waals surface area (Å²) in [5.41, 5.74) is 14.0. The third-order valence-electron chi connectivity index (χ3n) is 16.5. The van der Waals surface area contributed by atoms with Crippen molar-refractivity contribution < 1.29 is 78.0 Å². The monoisotopic (exact) mass is 1350 g/mol. The number of carboxylic acids is 2. The molecule has 1 aromatic heterocycles. The molecular formula is C68H99N13O16.